The average molecular weight is 413 g/mol. The first-order chi connectivity index (χ1) is 13.5. The number of sulfone groups is 1. The molecule has 0 amide bonds. The van der Waals surface area contributed by atoms with Crippen LogP contribution in [0.5, 0.6) is 0 Å². The number of hydrogen-bond donors (Lipinski definition) is 4. The Kier molecular flexibility index (Phi) is 13.4. The van der Waals surface area contributed by atoms with Gasteiger partial charge in [0.2, 0.25) is 0 Å². The van der Waals surface area contributed by atoms with Crippen LogP contribution < -0.4 is 22.1 Å². The van der Waals surface area contributed by atoms with Crippen LogP contribution in [0.4, 0.5) is 0 Å². The van der Waals surface area contributed by atoms with E-state index in [1.165, 1.54) is 19.3 Å². The van der Waals surface area contributed by atoms with E-state index in [1.807, 2.05) is 6.92 Å². The van der Waals surface area contributed by atoms with Crippen molar-refractivity contribution in [3.05, 3.63) is 29.8 Å². The fraction of sp³-hybridized carbons (Fsp3) is 0.714. The van der Waals surface area contributed by atoms with Crippen molar-refractivity contribution in [3.63, 3.8) is 0 Å². The van der Waals surface area contributed by atoms with Crippen LogP contribution in [0.1, 0.15) is 56.9 Å². The van der Waals surface area contributed by atoms with Gasteiger partial charge < -0.3 is 22.1 Å². The predicted molar refractivity (Wildman–Crippen MR) is 118 cm³/mol. The van der Waals surface area contributed by atoms with Gasteiger partial charge in [-0.05, 0) is 90.3 Å². The molecular formula is C21H40N4O2S. The number of benzene rings is 1. The predicted octanol–water partition coefficient (Wildman–Crippen LogP) is 2.31. The molecule has 1 rings (SSSR count). The molecule has 7 heteroatoms. The molecule has 162 valence electrons. The van der Waals surface area contributed by atoms with E-state index in [0.717, 1.165) is 64.0 Å². The Hall–Kier alpha value is -0.990. The maximum Gasteiger partial charge on any atom is 0.193 e. The van der Waals surface area contributed by atoms with Crippen LogP contribution in [0.25, 0.3) is 0 Å². The molecule has 0 aliphatic rings. The third-order valence-electron chi connectivity index (χ3n) is 4.86. The summed E-state index contributed by atoms with van der Waals surface area (Å²) >= 11 is 0. The van der Waals surface area contributed by atoms with E-state index in [2.05, 4.69) is 10.6 Å². The van der Waals surface area contributed by atoms with Gasteiger partial charge in [0.15, 0.2) is 9.84 Å². The normalized spacial score (nSPS) is 13.0. The van der Waals surface area contributed by atoms with E-state index in [9.17, 15) is 8.42 Å². The van der Waals surface area contributed by atoms with E-state index in [0.29, 0.717) is 11.3 Å². The van der Waals surface area contributed by atoms with Gasteiger partial charge in [-0.25, -0.2) is 8.42 Å². The van der Waals surface area contributed by atoms with Crippen molar-refractivity contribution >= 4 is 9.84 Å². The molecule has 28 heavy (non-hydrogen) atoms. The summed E-state index contributed by atoms with van der Waals surface area (Å²) in [6.45, 7) is 6.66. The van der Waals surface area contributed by atoms with Crippen LogP contribution in [0.2, 0.25) is 0 Å². The molecule has 0 saturated heterocycles. The Morgan fingerprint density at radius 1 is 0.821 bits per heavy atom. The zero-order valence-corrected chi connectivity index (χ0v) is 18.3. The van der Waals surface area contributed by atoms with E-state index in [1.54, 1.807) is 24.3 Å². The second-order valence-electron chi connectivity index (χ2n) is 7.45. The minimum absolute atomic E-state index is 0.312. The van der Waals surface area contributed by atoms with Gasteiger partial charge in [0.25, 0.3) is 0 Å². The van der Waals surface area contributed by atoms with Crippen LogP contribution in [0.15, 0.2) is 29.2 Å². The molecule has 0 aliphatic carbocycles. The van der Waals surface area contributed by atoms with Crippen molar-refractivity contribution in [3.8, 4) is 0 Å². The summed E-state index contributed by atoms with van der Waals surface area (Å²) in [5.41, 5.74) is 12.4. The van der Waals surface area contributed by atoms with Gasteiger partial charge in [-0.2, -0.15) is 0 Å². The minimum Gasteiger partial charge on any atom is -0.330 e. The molecule has 0 saturated carbocycles. The van der Waals surface area contributed by atoms with Crippen molar-refractivity contribution in [2.75, 3.05) is 32.7 Å². The zero-order chi connectivity index (χ0) is 20.7. The fourth-order valence-corrected chi connectivity index (χ4v) is 4.33. The molecule has 0 spiro atoms. The average Bonchev–Trinajstić information content (AvgIpc) is 2.68. The van der Waals surface area contributed by atoms with Gasteiger partial charge in [0, 0.05) is 0 Å². The third-order valence-corrected chi connectivity index (χ3v) is 6.82. The summed E-state index contributed by atoms with van der Waals surface area (Å²) in [7, 11) is -3.44. The summed E-state index contributed by atoms with van der Waals surface area (Å²) in [4.78, 5) is 0.312. The number of aryl methyl sites for hydroxylation is 1. The SMILES string of the molecule is Cc1ccc(S(=O)(=O)C(N)CCCNCCCCCCNCCCCN)cc1. The highest BCUT2D eigenvalue weighted by Gasteiger charge is 2.23. The van der Waals surface area contributed by atoms with Crippen molar-refractivity contribution in [1.29, 1.82) is 0 Å². The lowest BCUT2D eigenvalue weighted by atomic mass is 10.2. The number of nitrogens with one attached hydrogen (secondary N) is 2. The Bertz CT molecular complexity index is 605. The van der Waals surface area contributed by atoms with Crippen LogP contribution in [0, 0.1) is 6.92 Å². The first-order valence-corrected chi connectivity index (χ1v) is 12.2. The molecule has 0 bridgehead atoms. The van der Waals surface area contributed by atoms with Gasteiger partial charge in [-0.15, -0.1) is 0 Å². The minimum atomic E-state index is -3.44. The van der Waals surface area contributed by atoms with Crippen molar-refractivity contribution in [1.82, 2.24) is 10.6 Å². The highest BCUT2D eigenvalue weighted by Crippen LogP contribution is 2.16. The molecule has 1 aromatic carbocycles. The molecule has 0 fully saturated rings. The van der Waals surface area contributed by atoms with E-state index in [-0.39, 0.29) is 0 Å². The van der Waals surface area contributed by atoms with E-state index < -0.39 is 15.2 Å². The molecule has 6 nitrogen and oxygen atoms in total. The summed E-state index contributed by atoms with van der Waals surface area (Å²) < 4.78 is 24.9. The molecule has 1 unspecified atom stereocenters. The number of rotatable bonds is 17. The third kappa shape index (κ3) is 10.5. The summed E-state index contributed by atoms with van der Waals surface area (Å²) in [5.74, 6) is 0. The smallest absolute Gasteiger partial charge is 0.193 e. The second-order valence-corrected chi connectivity index (χ2v) is 9.62. The Morgan fingerprint density at radius 2 is 1.32 bits per heavy atom. The van der Waals surface area contributed by atoms with Crippen LogP contribution in [-0.4, -0.2) is 46.5 Å². The largest absolute Gasteiger partial charge is 0.330 e. The monoisotopic (exact) mass is 412 g/mol. The second kappa shape index (κ2) is 14.9. The highest BCUT2D eigenvalue weighted by atomic mass is 32.2. The molecular weight excluding hydrogens is 372 g/mol. The Morgan fingerprint density at radius 3 is 1.86 bits per heavy atom. The van der Waals surface area contributed by atoms with Crippen molar-refractivity contribution in [2.45, 2.75) is 68.6 Å². The summed E-state index contributed by atoms with van der Waals surface area (Å²) in [6, 6.07) is 6.88. The lowest BCUT2D eigenvalue weighted by Crippen LogP contribution is -2.31. The lowest BCUT2D eigenvalue weighted by molar-refractivity contribution is 0.538. The van der Waals surface area contributed by atoms with Gasteiger partial charge in [0.1, 0.15) is 5.37 Å². The van der Waals surface area contributed by atoms with Crippen molar-refractivity contribution < 1.29 is 8.42 Å². The molecule has 0 aliphatic heterocycles. The van der Waals surface area contributed by atoms with E-state index in [4.69, 9.17) is 11.5 Å². The molecule has 0 aromatic heterocycles. The quantitative estimate of drug-likeness (QED) is 0.292. The zero-order valence-electron chi connectivity index (χ0n) is 17.5. The number of nitrogens with two attached hydrogens (primary N) is 2. The van der Waals surface area contributed by atoms with Crippen LogP contribution in [-0.2, 0) is 9.84 Å². The van der Waals surface area contributed by atoms with E-state index >= 15 is 0 Å². The fourth-order valence-electron chi connectivity index (χ4n) is 2.98. The van der Waals surface area contributed by atoms with Gasteiger partial charge in [-0.3, -0.25) is 0 Å². The van der Waals surface area contributed by atoms with Crippen molar-refractivity contribution in [2.24, 2.45) is 11.5 Å². The standard InChI is InChI=1S/C21H40N4O2S/c1-19-10-12-20(13-11-19)28(26,27)21(23)9-8-18-25-16-6-3-2-5-15-24-17-7-4-14-22/h10-13,21,24-25H,2-9,14-18,22-23H2,1H3. The van der Waals surface area contributed by atoms with Crippen LogP contribution in [0.3, 0.4) is 0 Å². The van der Waals surface area contributed by atoms with Crippen LogP contribution >= 0.6 is 0 Å². The number of hydrogen-bond acceptors (Lipinski definition) is 6. The van der Waals surface area contributed by atoms with Gasteiger partial charge in [-0.1, -0.05) is 30.5 Å². The topological polar surface area (TPSA) is 110 Å². The lowest BCUT2D eigenvalue weighted by Gasteiger charge is -2.13. The molecule has 1 aromatic rings. The number of unbranched alkanes of at least 4 members (excludes halogenated alkanes) is 4. The first-order valence-electron chi connectivity index (χ1n) is 10.7. The maximum atomic E-state index is 12.5. The molecule has 0 heterocycles. The molecule has 6 N–H and O–H groups in total. The Balaban J connectivity index is 2.00. The maximum absolute atomic E-state index is 12.5. The summed E-state index contributed by atoms with van der Waals surface area (Å²) in [5, 5.41) is 5.99. The Labute approximate surface area is 171 Å². The molecule has 1 atom stereocenters. The van der Waals surface area contributed by atoms with Gasteiger partial charge in [0.05, 0.1) is 4.90 Å². The summed E-state index contributed by atoms with van der Waals surface area (Å²) in [6.07, 6.45) is 8.33. The van der Waals surface area contributed by atoms with Gasteiger partial charge >= 0.3 is 0 Å². The first kappa shape index (κ1) is 25.0. The highest BCUT2D eigenvalue weighted by molar-refractivity contribution is 7.92. The molecule has 0 radical (unpaired) electrons.